The predicted octanol–water partition coefficient (Wildman–Crippen LogP) is 4.89. The number of hydrogen-bond donors (Lipinski definition) is 3. The van der Waals surface area contributed by atoms with E-state index in [0.29, 0.717) is 24.4 Å². The van der Waals surface area contributed by atoms with Crippen molar-refractivity contribution < 1.29 is 14.3 Å². The maximum atomic E-state index is 12.3. The lowest BCUT2D eigenvalue weighted by Gasteiger charge is -2.10. The van der Waals surface area contributed by atoms with Gasteiger partial charge in [0.1, 0.15) is 5.75 Å². The fourth-order valence-corrected chi connectivity index (χ4v) is 3.21. The number of nitrogens with one attached hydrogen (secondary N) is 3. The van der Waals surface area contributed by atoms with Crippen LogP contribution in [0.15, 0.2) is 78.9 Å². The standard InChI is InChI=1S/C27H31N3O3/c1-2-3-17-28-27(32)22-10-7-11-24(19-22)30-26(31)20-29-23-12-14-25(15-13-23)33-18-16-21-8-5-4-6-9-21/h4-15,19,29H,2-3,16-18,20H2,1H3,(H,28,32)(H,30,31). The summed E-state index contributed by atoms with van der Waals surface area (Å²) in [5.74, 6) is 0.459. The molecule has 33 heavy (non-hydrogen) atoms. The highest BCUT2D eigenvalue weighted by Crippen LogP contribution is 2.16. The topological polar surface area (TPSA) is 79.5 Å². The van der Waals surface area contributed by atoms with Gasteiger partial charge in [0.15, 0.2) is 0 Å². The Morgan fingerprint density at radius 3 is 2.42 bits per heavy atom. The van der Waals surface area contributed by atoms with E-state index >= 15 is 0 Å². The second kappa shape index (κ2) is 12.9. The Morgan fingerprint density at radius 2 is 1.67 bits per heavy atom. The van der Waals surface area contributed by atoms with Crippen LogP contribution < -0.4 is 20.7 Å². The summed E-state index contributed by atoms with van der Waals surface area (Å²) in [6.07, 6.45) is 2.81. The van der Waals surface area contributed by atoms with Gasteiger partial charge in [0.25, 0.3) is 5.91 Å². The minimum atomic E-state index is -0.193. The van der Waals surface area contributed by atoms with Crippen molar-refractivity contribution in [2.24, 2.45) is 0 Å². The van der Waals surface area contributed by atoms with Crippen molar-refractivity contribution in [3.8, 4) is 5.75 Å². The molecule has 2 amide bonds. The number of carbonyl (C=O) groups is 2. The molecule has 3 aromatic carbocycles. The second-order valence-corrected chi connectivity index (χ2v) is 7.70. The number of anilines is 2. The fourth-order valence-electron chi connectivity index (χ4n) is 3.21. The predicted molar refractivity (Wildman–Crippen MR) is 133 cm³/mol. The van der Waals surface area contributed by atoms with E-state index in [1.807, 2.05) is 42.5 Å². The van der Waals surface area contributed by atoms with Gasteiger partial charge in [-0.25, -0.2) is 0 Å². The first-order valence-electron chi connectivity index (χ1n) is 11.3. The van der Waals surface area contributed by atoms with Crippen LogP contribution >= 0.6 is 0 Å². The number of ether oxygens (including phenoxy) is 1. The molecule has 0 bridgehead atoms. The lowest BCUT2D eigenvalue weighted by atomic mass is 10.2. The smallest absolute Gasteiger partial charge is 0.251 e. The molecule has 6 nitrogen and oxygen atoms in total. The molecular weight excluding hydrogens is 414 g/mol. The van der Waals surface area contributed by atoms with Crippen molar-refractivity contribution in [1.29, 1.82) is 0 Å². The Balaban J connectivity index is 1.41. The monoisotopic (exact) mass is 445 g/mol. The van der Waals surface area contributed by atoms with Crippen molar-refractivity contribution in [3.05, 3.63) is 90.0 Å². The van der Waals surface area contributed by atoms with Crippen molar-refractivity contribution in [3.63, 3.8) is 0 Å². The number of unbranched alkanes of at least 4 members (excludes halogenated alkanes) is 1. The Bertz CT molecular complexity index is 1020. The zero-order chi connectivity index (χ0) is 23.3. The molecule has 3 aromatic rings. The van der Waals surface area contributed by atoms with Gasteiger partial charge in [0, 0.05) is 29.9 Å². The minimum absolute atomic E-state index is 0.112. The van der Waals surface area contributed by atoms with E-state index in [1.54, 1.807) is 24.3 Å². The SMILES string of the molecule is CCCCNC(=O)c1cccc(NC(=O)CNc2ccc(OCCc3ccccc3)cc2)c1. The third-order valence-electron chi connectivity index (χ3n) is 5.03. The van der Waals surface area contributed by atoms with Crippen LogP contribution in [0.1, 0.15) is 35.7 Å². The van der Waals surface area contributed by atoms with Crippen molar-refractivity contribution >= 4 is 23.2 Å². The Morgan fingerprint density at radius 1 is 0.879 bits per heavy atom. The van der Waals surface area contributed by atoms with Crippen molar-refractivity contribution in [1.82, 2.24) is 5.32 Å². The van der Waals surface area contributed by atoms with Crippen LogP contribution in [0.3, 0.4) is 0 Å². The first-order valence-corrected chi connectivity index (χ1v) is 11.3. The highest BCUT2D eigenvalue weighted by molar-refractivity contribution is 5.98. The van der Waals surface area contributed by atoms with E-state index in [9.17, 15) is 9.59 Å². The van der Waals surface area contributed by atoms with E-state index in [-0.39, 0.29) is 18.4 Å². The molecule has 0 unspecified atom stereocenters. The third-order valence-corrected chi connectivity index (χ3v) is 5.03. The van der Waals surface area contributed by atoms with E-state index < -0.39 is 0 Å². The summed E-state index contributed by atoms with van der Waals surface area (Å²) in [5, 5.41) is 8.80. The van der Waals surface area contributed by atoms with Gasteiger partial charge < -0.3 is 20.7 Å². The molecule has 0 spiro atoms. The molecule has 0 heterocycles. The van der Waals surface area contributed by atoms with Gasteiger partial charge in [0.2, 0.25) is 5.91 Å². The molecule has 6 heteroatoms. The van der Waals surface area contributed by atoms with Crippen LogP contribution in [0, 0.1) is 0 Å². The van der Waals surface area contributed by atoms with Crippen LogP contribution in [0.2, 0.25) is 0 Å². The normalized spacial score (nSPS) is 10.3. The molecule has 0 atom stereocenters. The van der Waals surface area contributed by atoms with E-state index in [2.05, 4.69) is 35.0 Å². The average molecular weight is 446 g/mol. The zero-order valence-corrected chi connectivity index (χ0v) is 19.0. The molecule has 172 valence electrons. The molecule has 0 radical (unpaired) electrons. The minimum Gasteiger partial charge on any atom is -0.493 e. The number of hydrogen-bond acceptors (Lipinski definition) is 4. The number of benzene rings is 3. The maximum absolute atomic E-state index is 12.3. The average Bonchev–Trinajstić information content (AvgIpc) is 2.84. The Hall–Kier alpha value is -3.80. The molecule has 0 aliphatic rings. The van der Waals surface area contributed by atoms with Crippen LogP contribution in [0.25, 0.3) is 0 Å². The zero-order valence-electron chi connectivity index (χ0n) is 19.0. The molecule has 3 rings (SSSR count). The first kappa shape index (κ1) is 23.9. The summed E-state index contributed by atoms with van der Waals surface area (Å²) in [6.45, 7) is 3.44. The van der Waals surface area contributed by atoms with Gasteiger partial charge >= 0.3 is 0 Å². The number of carbonyl (C=O) groups excluding carboxylic acids is 2. The Labute approximate surface area is 195 Å². The van der Waals surface area contributed by atoms with Gasteiger partial charge in [-0.15, -0.1) is 0 Å². The summed E-state index contributed by atoms with van der Waals surface area (Å²) in [4.78, 5) is 24.5. The van der Waals surface area contributed by atoms with E-state index in [4.69, 9.17) is 4.74 Å². The van der Waals surface area contributed by atoms with Crippen molar-refractivity contribution in [2.75, 3.05) is 30.3 Å². The molecule has 0 saturated carbocycles. The summed E-state index contributed by atoms with van der Waals surface area (Å²) < 4.78 is 5.79. The van der Waals surface area contributed by atoms with Gasteiger partial charge in [0.05, 0.1) is 13.2 Å². The number of amides is 2. The lowest BCUT2D eigenvalue weighted by Crippen LogP contribution is -2.25. The molecular formula is C27H31N3O3. The summed E-state index contributed by atoms with van der Waals surface area (Å²) in [5.41, 5.74) is 3.18. The third kappa shape index (κ3) is 8.33. The summed E-state index contributed by atoms with van der Waals surface area (Å²) >= 11 is 0. The van der Waals surface area contributed by atoms with Gasteiger partial charge in [-0.3, -0.25) is 9.59 Å². The molecule has 0 fully saturated rings. The van der Waals surface area contributed by atoms with E-state index in [1.165, 1.54) is 5.56 Å². The first-order chi connectivity index (χ1) is 16.1. The molecule has 0 aliphatic heterocycles. The van der Waals surface area contributed by atoms with Crippen molar-refractivity contribution in [2.45, 2.75) is 26.2 Å². The second-order valence-electron chi connectivity index (χ2n) is 7.70. The number of rotatable bonds is 12. The molecule has 0 saturated heterocycles. The fraction of sp³-hybridized carbons (Fsp3) is 0.259. The van der Waals surface area contributed by atoms with Gasteiger partial charge in [-0.1, -0.05) is 49.7 Å². The van der Waals surface area contributed by atoms with Crippen LogP contribution in [0.4, 0.5) is 11.4 Å². The lowest BCUT2D eigenvalue weighted by molar-refractivity contribution is -0.114. The quantitative estimate of drug-likeness (QED) is 0.347. The Kier molecular flexibility index (Phi) is 9.33. The van der Waals surface area contributed by atoms with E-state index in [0.717, 1.165) is 30.7 Å². The van der Waals surface area contributed by atoms with Crippen LogP contribution in [-0.4, -0.2) is 31.5 Å². The van der Waals surface area contributed by atoms with Gasteiger partial charge in [-0.05, 0) is 54.4 Å². The van der Waals surface area contributed by atoms with Crippen LogP contribution in [-0.2, 0) is 11.2 Å². The highest BCUT2D eigenvalue weighted by atomic mass is 16.5. The largest absolute Gasteiger partial charge is 0.493 e. The summed E-state index contributed by atoms with van der Waals surface area (Å²) in [7, 11) is 0. The molecule has 0 aliphatic carbocycles. The molecule has 3 N–H and O–H groups in total. The maximum Gasteiger partial charge on any atom is 0.251 e. The van der Waals surface area contributed by atoms with Crippen LogP contribution in [0.5, 0.6) is 5.75 Å². The highest BCUT2D eigenvalue weighted by Gasteiger charge is 2.08. The van der Waals surface area contributed by atoms with Gasteiger partial charge in [-0.2, -0.15) is 0 Å². The summed E-state index contributed by atoms with van der Waals surface area (Å²) in [6, 6.07) is 24.7. The molecule has 0 aromatic heterocycles.